The Bertz CT molecular complexity index is 543. The minimum atomic E-state index is 0.606. The predicted molar refractivity (Wildman–Crippen MR) is 73.3 cm³/mol. The van der Waals surface area contributed by atoms with Gasteiger partial charge in [-0.15, -0.1) is 0 Å². The molecule has 0 saturated carbocycles. The number of ether oxygens (including phenoxy) is 1. The third kappa shape index (κ3) is 3.22. The summed E-state index contributed by atoms with van der Waals surface area (Å²) in [4.78, 5) is 4.14. The molecule has 0 fully saturated rings. The Morgan fingerprint density at radius 1 is 1.28 bits per heavy atom. The zero-order valence-corrected chi connectivity index (χ0v) is 11.2. The smallest absolute Gasteiger partial charge is 0.146 e. The second kappa shape index (κ2) is 5.85. The van der Waals surface area contributed by atoms with Crippen LogP contribution in [0.15, 0.2) is 36.7 Å². The van der Waals surface area contributed by atoms with Crippen LogP contribution in [0.3, 0.4) is 0 Å². The molecule has 1 N–H and O–H groups in total. The van der Waals surface area contributed by atoms with Crippen LogP contribution < -0.4 is 10.1 Å². The molecule has 0 aliphatic carbocycles. The molecule has 0 aliphatic heterocycles. The third-order valence-corrected chi connectivity index (χ3v) is 2.76. The number of rotatable bonds is 4. The van der Waals surface area contributed by atoms with E-state index in [2.05, 4.69) is 10.3 Å². The van der Waals surface area contributed by atoms with Gasteiger partial charge in [-0.2, -0.15) is 0 Å². The number of nitrogens with zero attached hydrogens (tertiary/aromatic N) is 1. The number of hydrogen-bond acceptors (Lipinski definition) is 3. The predicted octanol–water partition coefficient (Wildman–Crippen LogP) is 3.56. The van der Waals surface area contributed by atoms with Crippen LogP contribution >= 0.6 is 11.6 Å². The van der Waals surface area contributed by atoms with Crippen LogP contribution in [0.4, 0.5) is 0 Å². The Kier molecular flexibility index (Phi) is 4.18. The quantitative estimate of drug-likeness (QED) is 0.915. The number of aryl methyl sites for hydroxylation is 1. The van der Waals surface area contributed by atoms with Crippen molar-refractivity contribution in [3.8, 4) is 11.5 Å². The SMILES string of the molecule is CNCc1cncc(Oc2ccc(C)cc2Cl)c1. The van der Waals surface area contributed by atoms with Gasteiger partial charge >= 0.3 is 0 Å². The summed E-state index contributed by atoms with van der Waals surface area (Å²) in [5, 5.41) is 3.68. The molecular formula is C14H15ClN2O. The molecule has 0 atom stereocenters. The lowest BCUT2D eigenvalue weighted by Crippen LogP contribution is -2.05. The van der Waals surface area contributed by atoms with Gasteiger partial charge in [0.25, 0.3) is 0 Å². The molecule has 1 aromatic heterocycles. The molecule has 0 amide bonds. The lowest BCUT2D eigenvalue weighted by Gasteiger charge is -2.09. The van der Waals surface area contributed by atoms with Crippen LogP contribution in [0.1, 0.15) is 11.1 Å². The van der Waals surface area contributed by atoms with Crippen molar-refractivity contribution in [2.75, 3.05) is 7.05 Å². The van der Waals surface area contributed by atoms with Gasteiger partial charge in [0.05, 0.1) is 11.2 Å². The molecular weight excluding hydrogens is 248 g/mol. The average molecular weight is 263 g/mol. The average Bonchev–Trinajstić information content (AvgIpc) is 2.34. The number of pyridine rings is 1. The molecule has 94 valence electrons. The van der Waals surface area contributed by atoms with Crippen molar-refractivity contribution in [3.63, 3.8) is 0 Å². The first-order valence-electron chi connectivity index (χ1n) is 5.71. The maximum absolute atomic E-state index is 6.12. The summed E-state index contributed by atoms with van der Waals surface area (Å²) in [6, 6.07) is 7.65. The van der Waals surface area contributed by atoms with Crippen molar-refractivity contribution in [2.24, 2.45) is 0 Å². The molecule has 0 aliphatic rings. The van der Waals surface area contributed by atoms with E-state index in [1.54, 1.807) is 12.4 Å². The Morgan fingerprint density at radius 2 is 2.11 bits per heavy atom. The minimum absolute atomic E-state index is 0.606. The zero-order valence-electron chi connectivity index (χ0n) is 10.4. The first kappa shape index (κ1) is 12.9. The lowest BCUT2D eigenvalue weighted by molar-refractivity contribution is 0.479. The van der Waals surface area contributed by atoms with E-state index in [-0.39, 0.29) is 0 Å². The molecule has 3 nitrogen and oxygen atoms in total. The van der Waals surface area contributed by atoms with Crippen LogP contribution in [0.25, 0.3) is 0 Å². The summed E-state index contributed by atoms with van der Waals surface area (Å²) < 4.78 is 5.73. The Labute approximate surface area is 112 Å². The van der Waals surface area contributed by atoms with Gasteiger partial charge in [-0.3, -0.25) is 4.98 Å². The van der Waals surface area contributed by atoms with Gasteiger partial charge in [0.1, 0.15) is 11.5 Å². The van der Waals surface area contributed by atoms with E-state index in [4.69, 9.17) is 16.3 Å². The standard InChI is InChI=1S/C14H15ClN2O/c1-10-3-4-14(13(15)5-10)18-12-6-11(7-16-2)8-17-9-12/h3-6,8-9,16H,7H2,1-2H3. The van der Waals surface area contributed by atoms with Crippen molar-refractivity contribution in [1.29, 1.82) is 0 Å². The van der Waals surface area contributed by atoms with E-state index in [0.29, 0.717) is 16.5 Å². The molecule has 0 spiro atoms. The van der Waals surface area contributed by atoms with Crippen LogP contribution in [-0.2, 0) is 6.54 Å². The van der Waals surface area contributed by atoms with Crippen molar-refractivity contribution in [1.82, 2.24) is 10.3 Å². The van der Waals surface area contributed by atoms with Gasteiger partial charge in [-0.25, -0.2) is 0 Å². The monoisotopic (exact) mass is 262 g/mol. The third-order valence-electron chi connectivity index (χ3n) is 2.47. The number of halogens is 1. The summed E-state index contributed by atoms with van der Waals surface area (Å²) in [6.45, 7) is 2.75. The molecule has 4 heteroatoms. The van der Waals surface area contributed by atoms with Crippen LogP contribution in [0.5, 0.6) is 11.5 Å². The minimum Gasteiger partial charge on any atom is -0.454 e. The second-order valence-corrected chi connectivity index (χ2v) is 4.50. The molecule has 18 heavy (non-hydrogen) atoms. The topological polar surface area (TPSA) is 34.2 Å². The highest BCUT2D eigenvalue weighted by Gasteiger charge is 2.04. The highest BCUT2D eigenvalue weighted by Crippen LogP contribution is 2.29. The molecule has 0 bridgehead atoms. The lowest BCUT2D eigenvalue weighted by atomic mass is 10.2. The summed E-state index contributed by atoms with van der Waals surface area (Å²) in [7, 11) is 1.89. The molecule has 2 rings (SSSR count). The fraction of sp³-hybridized carbons (Fsp3) is 0.214. The first-order valence-corrected chi connectivity index (χ1v) is 6.09. The van der Waals surface area contributed by atoms with Crippen molar-refractivity contribution < 1.29 is 4.74 Å². The number of hydrogen-bond donors (Lipinski definition) is 1. The van der Waals surface area contributed by atoms with E-state index in [1.807, 2.05) is 38.2 Å². The Balaban J connectivity index is 2.20. The number of benzene rings is 1. The van der Waals surface area contributed by atoms with E-state index in [9.17, 15) is 0 Å². The van der Waals surface area contributed by atoms with Gasteiger partial charge in [-0.05, 0) is 43.3 Å². The number of aromatic nitrogens is 1. The van der Waals surface area contributed by atoms with Gasteiger partial charge in [-0.1, -0.05) is 17.7 Å². The largest absolute Gasteiger partial charge is 0.454 e. The van der Waals surface area contributed by atoms with Gasteiger partial charge in [0.2, 0.25) is 0 Å². The fourth-order valence-corrected chi connectivity index (χ4v) is 1.91. The molecule has 0 radical (unpaired) electrons. The van der Waals surface area contributed by atoms with Crippen LogP contribution in [0.2, 0.25) is 5.02 Å². The summed E-state index contributed by atoms with van der Waals surface area (Å²) in [5.74, 6) is 1.33. The summed E-state index contributed by atoms with van der Waals surface area (Å²) >= 11 is 6.12. The second-order valence-electron chi connectivity index (χ2n) is 4.10. The Hall–Kier alpha value is -1.58. The normalized spacial score (nSPS) is 10.4. The van der Waals surface area contributed by atoms with E-state index >= 15 is 0 Å². The highest BCUT2D eigenvalue weighted by molar-refractivity contribution is 6.32. The first-order chi connectivity index (χ1) is 8.69. The Morgan fingerprint density at radius 3 is 2.83 bits per heavy atom. The van der Waals surface area contributed by atoms with E-state index in [0.717, 1.165) is 17.7 Å². The summed E-state index contributed by atoms with van der Waals surface area (Å²) in [5.41, 5.74) is 2.17. The molecule has 1 aromatic carbocycles. The maximum atomic E-state index is 6.12. The van der Waals surface area contributed by atoms with Crippen molar-refractivity contribution >= 4 is 11.6 Å². The van der Waals surface area contributed by atoms with Crippen LogP contribution in [0, 0.1) is 6.92 Å². The van der Waals surface area contributed by atoms with Gasteiger partial charge in [0, 0.05) is 12.7 Å². The van der Waals surface area contributed by atoms with Crippen molar-refractivity contribution in [3.05, 3.63) is 52.8 Å². The molecule has 2 aromatic rings. The van der Waals surface area contributed by atoms with Crippen LogP contribution in [-0.4, -0.2) is 12.0 Å². The molecule has 1 heterocycles. The maximum Gasteiger partial charge on any atom is 0.146 e. The fourth-order valence-electron chi connectivity index (χ4n) is 1.64. The zero-order chi connectivity index (χ0) is 13.0. The number of nitrogens with one attached hydrogen (secondary N) is 1. The summed E-state index contributed by atoms with van der Waals surface area (Å²) in [6.07, 6.45) is 3.48. The molecule has 0 saturated heterocycles. The van der Waals surface area contributed by atoms with Crippen molar-refractivity contribution in [2.45, 2.75) is 13.5 Å². The van der Waals surface area contributed by atoms with Gasteiger partial charge in [0.15, 0.2) is 0 Å². The van der Waals surface area contributed by atoms with E-state index in [1.165, 1.54) is 0 Å². The highest BCUT2D eigenvalue weighted by atomic mass is 35.5. The molecule has 0 unspecified atom stereocenters. The van der Waals surface area contributed by atoms with Gasteiger partial charge < -0.3 is 10.1 Å². The van der Waals surface area contributed by atoms with E-state index < -0.39 is 0 Å².